The van der Waals surface area contributed by atoms with E-state index in [0.717, 1.165) is 16.6 Å². The number of methoxy groups -OCH3 is 1. The molecular weight excluding hydrogens is 689 g/mol. The fourth-order valence-corrected chi connectivity index (χ4v) is 6.72. The summed E-state index contributed by atoms with van der Waals surface area (Å²) < 4.78 is 87.7. The van der Waals surface area contributed by atoms with Gasteiger partial charge in [-0.05, 0) is 54.4 Å². The molecular formula is C36H29F3N4O7S. The van der Waals surface area contributed by atoms with Crippen molar-refractivity contribution in [2.75, 3.05) is 31.3 Å². The second-order valence-electron chi connectivity index (χ2n) is 11.6. The van der Waals surface area contributed by atoms with Crippen LogP contribution < -0.4 is 14.4 Å². The lowest BCUT2D eigenvalue weighted by Gasteiger charge is -2.26. The van der Waals surface area contributed by atoms with Crippen LogP contribution in [0.3, 0.4) is 0 Å². The molecule has 2 aromatic heterocycles. The molecule has 1 amide bonds. The number of nitrogens with zero attached hydrogens (tertiary/aromatic N) is 3. The summed E-state index contributed by atoms with van der Waals surface area (Å²) in [7, 11) is -1.26. The molecule has 0 aliphatic rings. The number of amides is 1. The number of anilines is 1. The summed E-state index contributed by atoms with van der Waals surface area (Å²) in [4.78, 5) is 17.6. The molecule has 2 N–H and O–H groups in total. The quantitative estimate of drug-likeness (QED) is 0.147. The van der Waals surface area contributed by atoms with E-state index in [0.29, 0.717) is 17.2 Å². The Morgan fingerprint density at radius 3 is 2.39 bits per heavy atom. The summed E-state index contributed by atoms with van der Waals surface area (Å²) in [6.45, 7) is -0.243. The first-order valence-corrected chi connectivity index (χ1v) is 17.2. The molecule has 0 bridgehead atoms. The lowest BCUT2D eigenvalue weighted by molar-refractivity contribution is 0.0964. The molecule has 262 valence electrons. The van der Waals surface area contributed by atoms with E-state index in [2.05, 4.69) is 10.3 Å². The number of benzene rings is 4. The zero-order valence-electron chi connectivity index (χ0n) is 27.3. The Labute approximate surface area is 289 Å². The highest BCUT2D eigenvalue weighted by molar-refractivity contribution is 7.92. The van der Waals surface area contributed by atoms with E-state index >= 15 is 0 Å². The van der Waals surface area contributed by atoms with E-state index in [1.165, 1.54) is 44.5 Å². The standard InChI is InChI=1S/C36H29F3N4O7S/c1-41-35(45)32-25-17-24(20-6-9-29(48-2)26(14-20)36-42-33-27(39)15-22(38)16-31(33)50-36)28(43(51(3,46)47)13-11-23(44)10-12-40)18-30(25)49-34(32)19-4-7-21(37)8-5-19/h4-9,14-18,23,44H,10-11,13H2,1-3H3,(H,41,45). The van der Waals surface area contributed by atoms with Gasteiger partial charge < -0.3 is 24.0 Å². The van der Waals surface area contributed by atoms with Crippen molar-refractivity contribution < 1.29 is 45.1 Å². The molecule has 0 radical (unpaired) electrons. The van der Waals surface area contributed by atoms with E-state index in [1.807, 2.05) is 6.07 Å². The number of hydrogen-bond donors (Lipinski definition) is 2. The monoisotopic (exact) mass is 718 g/mol. The van der Waals surface area contributed by atoms with Crippen LogP contribution in [0, 0.1) is 28.8 Å². The van der Waals surface area contributed by atoms with Gasteiger partial charge in [0.15, 0.2) is 11.4 Å². The van der Waals surface area contributed by atoms with Crippen LogP contribution in [0.2, 0.25) is 0 Å². The van der Waals surface area contributed by atoms with E-state index in [-0.39, 0.29) is 81.2 Å². The maximum absolute atomic E-state index is 14.6. The Bertz CT molecular complexity index is 2460. The molecule has 15 heteroatoms. The number of aliphatic hydroxyl groups is 1. The van der Waals surface area contributed by atoms with Crippen molar-refractivity contribution in [1.29, 1.82) is 5.26 Å². The van der Waals surface area contributed by atoms with Gasteiger partial charge in [-0.15, -0.1) is 0 Å². The van der Waals surface area contributed by atoms with Gasteiger partial charge in [0.05, 0.1) is 48.8 Å². The number of halogens is 3. The largest absolute Gasteiger partial charge is 0.496 e. The molecule has 0 fully saturated rings. The van der Waals surface area contributed by atoms with Gasteiger partial charge in [-0.1, -0.05) is 6.07 Å². The van der Waals surface area contributed by atoms with E-state index < -0.39 is 39.5 Å². The molecule has 1 unspecified atom stereocenters. The molecule has 0 saturated heterocycles. The van der Waals surface area contributed by atoms with Crippen LogP contribution in [0.5, 0.6) is 5.75 Å². The van der Waals surface area contributed by atoms with E-state index in [4.69, 9.17) is 18.8 Å². The summed E-state index contributed by atoms with van der Waals surface area (Å²) in [5.41, 5.74) is 1.11. The molecule has 4 aromatic carbocycles. The van der Waals surface area contributed by atoms with Crippen LogP contribution in [0.1, 0.15) is 23.2 Å². The highest BCUT2D eigenvalue weighted by Crippen LogP contribution is 2.44. The number of oxazole rings is 1. The maximum Gasteiger partial charge on any atom is 0.255 e. The van der Waals surface area contributed by atoms with Gasteiger partial charge in [-0.2, -0.15) is 5.26 Å². The van der Waals surface area contributed by atoms with Crippen LogP contribution in [-0.2, 0) is 10.0 Å². The van der Waals surface area contributed by atoms with Crippen molar-refractivity contribution in [1.82, 2.24) is 10.3 Å². The Hall–Kier alpha value is -5.85. The molecule has 6 aromatic rings. The molecule has 6 rings (SSSR count). The minimum Gasteiger partial charge on any atom is -0.496 e. The van der Waals surface area contributed by atoms with Crippen LogP contribution >= 0.6 is 0 Å². The third-order valence-electron chi connectivity index (χ3n) is 8.18. The normalized spacial score (nSPS) is 12.2. The third-order valence-corrected chi connectivity index (χ3v) is 9.36. The highest BCUT2D eigenvalue weighted by atomic mass is 32.2. The number of aliphatic hydroxyl groups excluding tert-OH is 1. The first kappa shape index (κ1) is 35.0. The Balaban J connectivity index is 1.64. The van der Waals surface area contributed by atoms with Crippen LogP contribution in [0.15, 0.2) is 75.6 Å². The number of nitriles is 1. The molecule has 1 atom stereocenters. The topological polar surface area (TPSA) is 159 Å². The lowest BCUT2D eigenvalue weighted by atomic mass is 9.96. The Morgan fingerprint density at radius 1 is 1.00 bits per heavy atom. The minimum atomic E-state index is -4.07. The predicted octanol–water partition coefficient (Wildman–Crippen LogP) is 6.79. The molecule has 2 heterocycles. The third kappa shape index (κ3) is 6.83. The maximum atomic E-state index is 14.6. The average Bonchev–Trinajstić information content (AvgIpc) is 3.69. The molecule has 0 saturated carbocycles. The number of hydrogen-bond acceptors (Lipinski definition) is 9. The lowest BCUT2D eigenvalue weighted by Crippen LogP contribution is -2.33. The average molecular weight is 719 g/mol. The predicted molar refractivity (Wildman–Crippen MR) is 183 cm³/mol. The summed E-state index contributed by atoms with van der Waals surface area (Å²) in [5.74, 6) is -2.64. The van der Waals surface area contributed by atoms with Crippen molar-refractivity contribution in [2.24, 2.45) is 0 Å². The Morgan fingerprint density at radius 2 is 1.73 bits per heavy atom. The number of sulfonamides is 1. The molecule has 0 aliphatic heterocycles. The molecule has 0 spiro atoms. The smallest absolute Gasteiger partial charge is 0.255 e. The van der Waals surface area contributed by atoms with Crippen molar-refractivity contribution in [3.8, 4) is 45.7 Å². The number of aromatic nitrogens is 1. The van der Waals surface area contributed by atoms with Gasteiger partial charge >= 0.3 is 0 Å². The Kier molecular flexibility index (Phi) is 9.48. The van der Waals surface area contributed by atoms with Gasteiger partial charge in [0.25, 0.3) is 5.91 Å². The van der Waals surface area contributed by atoms with Crippen molar-refractivity contribution in [3.05, 3.63) is 89.7 Å². The highest BCUT2D eigenvalue weighted by Gasteiger charge is 2.29. The van der Waals surface area contributed by atoms with Crippen LogP contribution in [0.4, 0.5) is 18.9 Å². The second kappa shape index (κ2) is 13.8. The summed E-state index contributed by atoms with van der Waals surface area (Å²) >= 11 is 0. The minimum absolute atomic E-state index is 0.0822. The van der Waals surface area contributed by atoms with Crippen LogP contribution in [0.25, 0.3) is 56.0 Å². The van der Waals surface area contributed by atoms with Crippen molar-refractivity contribution in [2.45, 2.75) is 18.9 Å². The fraction of sp³-hybridized carbons (Fsp3) is 0.194. The number of ether oxygens (including phenoxy) is 1. The van der Waals surface area contributed by atoms with Crippen molar-refractivity contribution in [3.63, 3.8) is 0 Å². The van der Waals surface area contributed by atoms with Gasteiger partial charge in [-0.3, -0.25) is 9.10 Å². The molecule has 0 aliphatic carbocycles. The van der Waals surface area contributed by atoms with Gasteiger partial charge in [0, 0.05) is 48.3 Å². The number of rotatable bonds is 11. The zero-order chi connectivity index (χ0) is 36.6. The summed E-state index contributed by atoms with van der Waals surface area (Å²) in [6.07, 6.45) is -0.475. The first-order chi connectivity index (χ1) is 24.3. The number of nitrogens with one attached hydrogen (secondary N) is 1. The zero-order valence-corrected chi connectivity index (χ0v) is 28.1. The van der Waals surface area contributed by atoms with Crippen molar-refractivity contribution >= 4 is 43.7 Å². The van der Waals surface area contributed by atoms with Gasteiger partial charge in [0.1, 0.15) is 34.2 Å². The molecule has 11 nitrogen and oxygen atoms in total. The van der Waals surface area contributed by atoms with Gasteiger partial charge in [0.2, 0.25) is 15.9 Å². The van der Waals surface area contributed by atoms with Gasteiger partial charge in [-0.25, -0.2) is 26.6 Å². The van der Waals surface area contributed by atoms with Crippen LogP contribution in [-0.4, -0.2) is 57.5 Å². The molecule has 51 heavy (non-hydrogen) atoms. The van der Waals surface area contributed by atoms with E-state index in [9.17, 15) is 31.5 Å². The second-order valence-corrected chi connectivity index (χ2v) is 13.5. The number of carbonyl (C=O) groups is 1. The summed E-state index contributed by atoms with van der Waals surface area (Å²) in [6, 6.07) is 16.5. The number of fused-ring (bicyclic) bond motifs is 2. The summed E-state index contributed by atoms with van der Waals surface area (Å²) in [5, 5.41) is 22.3. The fourth-order valence-electron chi connectivity index (χ4n) is 5.78. The number of carbonyl (C=O) groups excluding carboxylic acids is 1. The van der Waals surface area contributed by atoms with E-state index in [1.54, 1.807) is 24.3 Å². The SMILES string of the molecule is CNC(=O)c1c(-c2ccc(F)cc2)oc2cc(N(CCC(O)CC#N)S(C)(=O)=O)c(-c3ccc(OC)c(-c4nc5c(F)cc(F)cc5o4)c3)cc12. The first-order valence-electron chi connectivity index (χ1n) is 15.4. The number of furan rings is 1.